The molecule has 4 aromatic rings. The maximum atomic E-state index is 13.4. The molecular weight excluding hydrogens is 526 g/mol. The molecule has 9 nitrogen and oxygen atoms in total. The number of aliphatic imine (C=N–C) groups is 1. The van der Waals surface area contributed by atoms with Crippen LogP contribution in [0, 0.1) is 0 Å². The molecule has 0 aliphatic carbocycles. The smallest absolute Gasteiger partial charge is 0.302 e. The van der Waals surface area contributed by atoms with Crippen LogP contribution in [-0.4, -0.2) is 28.0 Å². The number of hydrogen-bond donors (Lipinski definition) is 1. The summed E-state index contributed by atoms with van der Waals surface area (Å²) in [7, 11) is 0. The van der Waals surface area contributed by atoms with Crippen molar-refractivity contribution in [3.63, 3.8) is 0 Å². The predicted octanol–water partition coefficient (Wildman–Crippen LogP) is 5.24. The van der Waals surface area contributed by atoms with Crippen LogP contribution in [-0.2, 0) is 16.2 Å². The van der Waals surface area contributed by atoms with Crippen molar-refractivity contribution in [2.45, 2.75) is 26.5 Å². The van der Waals surface area contributed by atoms with Crippen molar-refractivity contribution in [3.8, 4) is 5.75 Å². The van der Waals surface area contributed by atoms with E-state index in [0.717, 1.165) is 16.9 Å². The number of amidine groups is 1. The zero-order valence-electron chi connectivity index (χ0n) is 22.1. The van der Waals surface area contributed by atoms with E-state index in [1.165, 1.54) is 16.7 Å². The lowest BCUT2D eigenvalue weighted by Gasteiger charge is -2.17. The van der Waals surface area contributed by atoms with E-state index in [1.54, 1.807) is 17.0 Å². The van der Waals surface area contributed by atoms with Gasteiger partial charge in [0.05, 0.1) is 11.4 Å². The highest BCUT2D eigenvalue weighted by molar-refractivity contribution is 8.14. The molecular formula is C30H28N5O4S+. The van der Waals surface area contributed by atoms with Gasteiger partial charge in [0.2, 0.25) is 11.2 Å². The number of nitrogens with one attached hydrogen (secondary N) is 1. The lowest BCUT2D eigenvalue weighted by atomic mass is 10.2. The normalized spacial score (nSPS) is 14.1. The third-order valence-electron chi connectivity index (χ3n) is 5.88. The van der Waals surface area contributed by atoms with Crippen molar-refractivity contribution < 1.29 is 23.5 Å². The molecule has 0 bridgehead atoms. The number of ether oxygens (including phenoxy) is 1. The number of aromatic nitrogens is 2. The number of rotatable bonds is 9. The van der Waals surface area contributed by atoms with Gasteiger partial charge in [-0.25, -0.2) is 4.99 Å². The number of carbonyl (C=O) groups excluding carboxylic acids is 2. The summed E-state index contributed by atoms with van der Waals surface area (Å²) in [6, 6.07) is 26.7. The topological polar surface area (TPSA) is 101 Å². The molecule has 202 valence electrons. The molecule has 0 saturated heterocycles. The van der Waals surface area contributed by atoms with Gasteiger partial charge in [-0.15, -0.1) is 0 Å². The molecule has 2 heterocycles. The lowest BCUT2D eigenvalue weighted by molar-refractivity contribution is -0.779. The average Bonchev–Trinajstić information content (AvgIpc) is 3.57. The number of para-hydroxylation sites is 1. The number of thioether (sulfide) groups is 1. The second kappa shape index (κ2) is 12.4. The molecule has 0 spiro atoms. The Labute approximate surface area is 236 Å². The molecule has 0 atom stereocenters. The molecule has 5 rings (SSSR count). The number of anilines is 2. The molecule has 10 heteroatoms. The molecule has 1 aliphatic rings. The van der Waals surface area contributed by atoms with E-state index >= 15 is 0 Å². The van der Waals surface area contributed by atoms with Crippen molar-refractivity contribution in [2.75, 3.05) is 16.0 Å². The van der Waals surface area contributed by atoms with Gasteiger partial charge >= 0.3 is 5.88 Å². The van der Waals surface area contributed by atoms with Crippen molar-refractivity contribution in [1.82, 2.24) is 5.27 Å². The van der Waals surface area contributed by atoms with E-state index in [4.69, 9.17) is 9.26 Å². The Morgan fingerprint density at radius 1 is 1.05 bits per heavy atom. The summed E-state index contributed by atoms with van der Waals surface area (Å²) >= 11 is 1.17. The first-order valence-corrected chi connectivity index (χ1v) is 13.7. The number of benzene rings is 3. The van der Waals surface area contributed by atoms with E-state index in [-0.39, 0.29) is 35.2 Å². The van der Waals surface area contributed by atoms with Crippen molar-refractivity contribution in [1.29, 1.82) is 0 Å². The third-order valence-corrected chi connectivity index (χ3v) is 6.82. The fourth-order valence-electron chi connectivity index (χ4n) is 3.82. The van der Waals surface area contributed by atoms with E-state index in [2.05, 4.69) is 15.6 Å². The van der Waals surface area contributed by atoms with Gasteiger partial charge in [0, 0.05) is 0 Å². The number of carbonyl (C=O) groups is 2. The minimum atomic E-state index is -0.302. The van der Waals surface area contributed by atoms with Crippen LogP contribution in [0.4, 0.5) is 11.6 Å². The largest absolute Gasteiger partial charge is 0.489 e. The summed E-state index contributed by atoms with van der Waals surface area (Å²) in [5.41, 5.74) is 2.83. The first-order valence-electron chi connectivity index (χ1n) is 12.7. The van der Waals surface area contributed by atoms with Crippen LogP contribution in [0.3, 0.4) is 0 Å². The minimum Gasteiger partial charge on any atom is -0.489 e. The number of amides is 2. The molecule has 0 radical (unpaired) electrons. The van der Waals surface area contributed by atoms with Crippen LogP contribution in [0.2, 0.25) is 0 Å². The van der Waals surface area contributed by atoms with E-state index < -0.39 is 0 Å². The summed E-state index contributed by atoms with van der Waals surface area (Å²) in [5, 5.41) is 6.98. The highest BCUT2D eigenvalue weighted by atomic mass is 32.2. The standard InChI is InChI=1S/C30H27N5O4S/c1-21(2)34-18-28(39-33-34)32-27(36)20-40-30-31-26(29(37)35(30)24-11-7-4-8-12-24)17-22-13-15-25(16-14-22)38-19-23-9-5-3-6-10-23/h3-18,21H,19-20H2,1-2H3/p+1/b26-17+. The maximum Gasteiger partial charge on any atom is 0.302 e. The minimum absolute atomic E-state index is 0.0263. The van der Waals surface area contributed by atoms with E-state index in [1.807, 2.05) is 98.8 Å². The van der Waals surface area contributed by atoms with Gasteiger partial charge < -0.3 is 4.74 Å². The summed E-state index contributed by atoms with van der Waals surface area (Å²) < 4.78 is 12.6. The Kier molecular flexibility index (Phi) is 8.36. The van der Waals surface area contributed by atoms with Gasteiger partial charge in [-0.3, -0.25) is 24.3 Å². The van der Waals surface area contributed by atoms with Crippen molar-refractivity contribution >= 4 is 46.4 Å². The zero-order valence-corrected chi connectivity index (χ0v) is 22.9. The van der Waals surface area contributed by atoms with Gasteiger partial charge in [-0.05, 0) is 60.0 Å². The number of nitrogens with zero attached hydrogens (tertiary/aromatic N) is 4. The molecule has 0 saturated carbocycles. The molecule has 0 fully saturated rings. The van der Waals surface area contributed by atoms with Crippen LogP contribution >= 0.6 is 11.8 Å². The molecule has 0 unspecified atom stereocenters. The molecule has 40 heavy (non-hydrogen) atoms. The van der Waals surface area contributed by atoms with Crippen LogP contribution in [0.1, 0.15) is 31.0 Å². The van der Waals surface area contributed by atoms with Crippen LogP contribution in [0.25, 0.3) is 6.08 Å². The van der Waals surface area contributed by atoms with Gasteiger partial charge in [-0.2, -0.15) is 0 Å². The second-order valence-electron chi connectivity index (χ2n) is 9.22. The maximum absolute atomic E-state index is 13.4. The Balaban J connectivity index is 1.29. The highest BCUT2D eigenvalue weighted by Crippen LogP contribution is 2.29. The SMILES string of the molecule is CC(C)[n+]1cc(NC(=O)CSC2=N/C(=C/c3ccc(OCc4ccccc4)cc3)C(=O)N2c2ccccc2)on1. The summed E-state index contributed by atoms with van der Waals surface area (Å²) in [6.45, 7) is 4.38. The number of hydrogen-bond acceptors (Lipinski definition) is 7. The second-order valence-corrected chi connectivity index (χ2v) is 10.2. The third kappa shape index (κ3) is 6.65. The monoisotopic (exact) mass is 554 g/mol. The summed E-state index contributed by atoms with van der Waals surface area (Å²) in [4.78, 5) is 32.1. The van der Waals surface area contributed by atoms with Gasteiger partial charge in [0.15, 0.2) is 11.2 Å². The summed E-state index contributed by atoms with van der Waals surface area (Å²) in [5.74, 6) is 0.431. The van der Waals surface area contributed by atoms with Gasteiger partial charge in [0.25, 0.3) is 12.1 Å². The van der Waals surface area contributed by atoms with E-state index in [0.29, 0.717) is 17.5 Å². The Bertz CT molecular complexity index is 1530. The Morgan fingerprint density at radius 3 is 2.42 bits per heavy atom. The van der Waals surface area contributed by atoms with Crippen molar-refractivity contribution in [2.24, 2.45) is 4.99 Å². The van der Waals surface area contributed by atoms with Gasteiger partial charge in [-0.1, -0.05) is 72.4 Å². The van der Waals surface area contributed by atoms with Crippen LogP contribution < -0.4 is 19.6 Å². The Hall–Kier alpha value is -4.70. The molecule has 1 aliphatic heterocycles. The summed E-state index contributed by atoms with van der Waals surface area (Å²) in [6.07, 6.45) is 3.35. The average molecular weight is 555 g/mol. The first kappa shape index (κ1) is 26.9. The Morgan fingerprint density at radius 2 is 1.75 bits per heavy atom. The molecule has 1 N–H and O–H groups in total. The molecule has 2 amide bonds. The molecule has 3 aromatic carbocycles. The predicted molar refractivity (Wildman–Crippen MR) is 155 cm³/mol. The van der Waals surface area contributed by atoms with Gasteiger partial charge in [0.1, 0.15) is 18.1 Å². The fraction of sp³-hybridized carbons (Fsp3) is 0.167. The highest BCUT2D eigenvalue weighted by Gasteiger charge is 2.32. The fourth-order valence-corrected chi connectivity index (χ4v) is 4.63. The van der Waals surface area contributed by atoms with Crippen LogP contribution in [0.5, 0.6) is 5.75 Å². The zero-order chi connectivity index (χ0) is 27.9. The first-order chi connectivity index (χ1) is 19.5. The molecule has 1 aromatic heterocycles. The van der Waals surface area contributed by atoms with Crippen molar-refractivity contribution in [3.05, 3.63) is 108 Å². The van der Waals surface area contributed by atoms with E-state index in [9.17, 15) is 9.59 Å². The van der Waals surface area contributed by atoms with Crippen LogP contribution in [0.15, 0.2) is 106 Å². The quantitative estimate of drug-likeness (QED) is 0.224. The lowest BCUT2D eigenvalue weighted by Crippen LogP contribution is -2.37.